The SMILES string of the molecule is CN(CC(=O)N1CC[C@H](Oc2ccccc2)[C@@H](CC(=O)N2CCOCC2)C1)C1CCCC1. The summed E-state index contributed by atoms with van der Waals surface area (Å²) >= 11 is 0. The van der Waals surface area contributed by atoms with E-state index in [0.29, 0.717) is 58.4 Å². The van der Waals surface area contributed by atoms with Crippen LogP contribution in [0.25, 0.3) is 0 Å². The number of nitrogens with zero attached hydrogens (tertiary/aromatic N) is 3. The van der Waals surface area contributed by atoms with E-state index in [1.54, 1.807) is 0 Å². The van der Waals surface area contributed by atoms with Crippen molar-refractivity contribution in [3.63, 3.8) is 0 Å². The average Bonchev–Trinajstić information content (AvgIpc) is 3.36. The summed E-state index contributed by atoms with van der Waals surface area (Å²) in [6.45, 7) is 4.19. The molecule has 0 bridgehead atoms. The number of carbonyl (C=O) groups excluding carboxylic acids is 2. The van der Waals surface area contributed by atoms with Crippen molar-refractivity contribution in [1.29, 1.82) is 0 Å². The number of piperidine rings is 1. The minimum atomic E-state index is -0.0704. The van der Waals surface area contributed by atoms with Crippen molar-refractivity contribution in [1.82, 2.24) is 14.7 Å². The number of amides is 2. The second-order valence-corrected chi connectivity index (χ2v) is 9.41. The fourth-order valence-corrected chi connectivity index (χ4v) is 5.22. The van der Waals surface area contributed by atoms with Crippen molar-refractivity contribution in [2.24, 2.45) is 5.92 Å². The number of likely N-dealkylation sites (N-methyl/N-ethyl adjacent to an activating group) is 1. The first kappa shape index (κ1) is 23.1. The van der Waals surface area contributed by atoms with Gasteiger partial charge in [-0.3, -0.25) is 14.5 Å². The van der Waals surface area contributed by atoms with E-state index in [0.717, 1.165) is 12.2 Å². The molecule has 32 heavy (non-hydrogen) atoms. The number of carbonyl (C=O) groups is 2. The van der Waals surface area contributed by atoms with Crippen LogP contribution in [-0.2, 0) is 14.3 Å². The Morgan fingerprint density at radius 1 is 1.00 bits per heavy atom. The van der Waals surface area contributed by atoms with Gasteiger partial charge in [0, 0.05) is 51.0 Å². The number of morpholine rings is 1. The van der Waals surface area contributed by atoms with Gasteiger partial charge in [-0.2, -0.15) is 0 Å². The fourth-order valence-electron chi connectivity index (χ4n) is 5.22. The normalized spacial score (nSPS) is 24.7. The summed E-state index contributed by atoms with van der Waals surface area (Å²) < 4.78 is 11.7. The van der Waals surface area contributed by atoms with Gasteiger partial charge in [0.05, 0.1) is 19.8 Å². The number of ether oxygens (including phenoxy) is 2. The molecule has 1 aromatic carbocycles. The molecule has 176 valence electrons. The van der Waals surface area contributed by atoms with E-state index in [-0.39, 0.29) is 23.8 Å². The van der Waals surface area contributed by atoms with Gasteiger partial charge in [-0.25, -0.2) is 0 Å². The summed E-state index contributed by atoms with van der Waals surface area (Å²) in [4.78, 5) is 32.1. The molecule has 1 saturated carbocycles. The van der Waals surface area contributed by atoms with Gasteiger partial charge < -0.3 is 19.3 Å². The molecule has 2 aliphatic heterocycles. The maximum absolute atomic E-state index is 13.1. The molecule has 7 nitrogen and oxygen atoms in total. The predicted octanol–water partition coefficient (Wildman–Crippen LogP) is 2.41. The zero-order valence-electron chi connectivity index (χ0n) is 19.3. The molecule has 2 atom stereocenters. The van der Waals surface area contributed by atoms with E-state index < -0.39 is 0 Å². The Bertz CT molecular complexity index is 747. The second-order valence-electron chi connectivity index (χ2n) is 9.41. The van der Waals surface area contributed by atoms with Crippen molar-refractivity contribution in [3.8, 4) is 5.75 Å². The summed E-state index contributed by atoms with van der Waals surface area (Å²) in [5, 5.41) is 0. The highest BCUT2D eigenvalue weighted by molar-refractivity contribution is 5.79. The third-order valence-electron chi connectivity index (χ3n) is 7.18. The van der Waals surface area contributed by atoms with E-state index in [9.17, 15) is 9.59 Å². The Balaban J connectivity index is 1.39. The summed E-state index contributed by atoms with van der Waals surface area (Å²) in [5.41, 5.74) is 0. The lowest BCUT2D eigenvalue weighted by molar-refractivity contribution is -0.142. The first-order chi connectivity index (χ1) is 15.6. The summed E-state index contributed by atoms with van der Waals surface area (Å²) in [5.74, 6) is 1.11. The van der Waals surface area contributed by atoms with E-state index in [1.807, 2.05) is 40.1 Å². The molecule has 0 aromatic heterocycles. The maximum Gasteiger partial charge on any atom is 0.236 e. The van der Waals surface area contributed by atoms with E-state index in [4.69, 9.17) is 9.47 Å². The molecule has 2 saturated heterocycles. The molecule has 1 aliphatic carbocycles. The Morgan fingerprint density at radius 2 is 1.72 bits per heavy atom. The van der Waals surface area contributed by atoms with Gasteiger partial charge in [-0.15, -0.1) is 0 Å². The van der Waals surface area contributed by atoms with Crippen LogP contribution in [0.5, 0.6) is 5.75 Å². The van der Waals surface area contributed by atoms with Gasteiger partial charge in [0.2, 0.25) is 11.8 Å². The predicted molar refractivity (Wildman–Crippen MR) is 122 cm³/mol. The maximum atomic E-state index is 13.1. The number of benzene rings is 1. The first-order valence-electron chi connectivity index (χ1n) is 12.2. The molecule has 4 rings (SSSR count). The molecule has 3 fully saturated rings. The molecule has 2 heterocycles. The molecular formula is C25H37N3O4. The van der Waals surface area contributed by atoms with Gasteiger partial charge >= 0.3 is 0 Å². The van der Waals surface area contributed by atoms with Crippen LogP contribution in [0.1, 0.15) is 38.5 Å². The highest BCUT2D eigenvalue weighted by Crippen LogP contribution is 2.27. The Labute approximate surface area is 191 Å². The van der Waals surface area contributed by atoms with E-state index in [1.165, 1.54) is 25.7 Å². The van der Waals surface area contributed by atoms with E-state index >= 15 is 0 Å². The summed E-state index contributed by atoms with van der Waals surface area (Å²) in [6.07, 6.45) is 5.98. The van der Waals surface area contributed by atoms with Crippen LogP contribution in [0, 0.1) is 5.92 Å². The minimum absolute atomic E-state index is 0.0139. The zero-order chi connectivity index (χ0) is 22.3. The van der Waals surface area contributed by atoms with Crippen molar-refractivity contribution in [2.75, 3.05) is 53.0 Å². The monoisotopic (exact) mass is 443 g/mol. The van der Waals surface area contributed by atoms with Crippen LogP contribution < -0.4 is 4.74 Å². The lowest BCUT2D eigenvalue weighted by Gasteiger charge is -2.40. The highest BCUT2D eigenvalue weighted by Gasteiger charge is 2.36. The Morgan fingerprint density at radius 3 is 2.44 bits per heavy atom. The molecule has 7 heteroatoms. The van der Waals surface area contributed by atoms with Crippen LogP contribution in [0.3, 0.4) is 0 Å². The zero-order valence-corrected chi connectivity index (χ0v) is 19.3. The van der Waals surface area contributed by atoms with Crippen LogP contribution >= 0.6 is 0 Å². The van der Waals surface area contributed by atoms with Crippen LogP contribution in [-0.4, -0.2) is 91.6 Å². The summed E-state index contributed by atoms with van der Waals surface area (Å²) in [7, 11) is 2.07. The van der Waals surface area contributed by atoms with Gasteiger partial charge in [0.15, 0.2) is 0 Å². The molecule has 1 aromatic rings. The topological polar surface area (TPSA) is 62.3 Å². The standard InChI is InChI=1S/C25H37N3O4/c1-26(21-7-5-6-8-21)19-25(30)28-12-11-23(32-22-9-3-2-4-10-22)20(18-28)17-24(29)27-13-15-31-16-14-27/h2-4,9-10,20-21,23H,5-8,11-19H2,1H3/t20-,23-/m0/s1. The number of rotatable bonds is 7. The molecule has 0 unspecified atom stereocenters. The largest absolute Gasteiger partial charge is 0.490 e. The van der Waals surface area contributed by atoms with Crippen molar-refractivity contribution in [3.05, 3.63) is 30.3 Å². The number of hydrogen-bond acceptors (Lipinski definition) is 5. The second kappa shape index (κ2) is 11.1. The van der Waals surface area contributed by atoms with Crippen LogP contribution in [0.2, 0.25) is 0 Å². The average molecular weight is 444 g/mol. The first-order valence-corrected chi connectivity index (χ1v) is 12.2. The molecular weight excluding hydrogens is 406 g/mol. The molecule has 0 N–H and O–H groups in total. The van der Waals surface area contributed by atoms with Crippen LogP contribution in [0.4, 0.5) is 0 Å². The Kier molecular flexibility index (Phi) is 8.03. The number of hydrogen-bond donors (Lipinski definition) is 0. The van der Waals surface area contributed by atoms with Gasteiger partial charge in [0.25, 0.3) is 0 Å². The number of para-hydroxylation sites is 1. The third-order valence-corrected chi connectivity index (χ3v) is 7.18. The lowest BCUT2D eigenvalue weighted by atomic mass is 9.90. The Hall–Kier alpha value is -2.12. The van der Waals surface area contributed by atoms with Gasteiger partial charge in [0.1, 0.15) is 11.9 Å². The third kappa shape index (κ3) is 6.01. The minimum Gasteiger partial charge on any atom is -0.490 e. The van der Waals surface area contributed by atoms with Crippen molar-refractivity contribution >= 4 is 11.8 Å². The quantitative estimate of drug-likeness (QED) is 0.648. The van der Waals surface area contributed by atoms with Gasteiger partial charge in [-0.1, -0.05) is 31.0 Å². The smallest absolute Gasteiger partial charge is 0.236 e. The molecule has 3 aliphatic rings. The van der Waals surface area contributed by atoms with Gasteiger partial charge in [-0.05, 0) is 32.0 Å². The number of likely N-dealkylation sites (tertiary alicyclic amines) is 1. The van der Waals surface area contributed by atoms with Crippen molar-refractivity contribution < 1.29 is 19.1 Å². The molecule has 0 spiro atoms. The summed E-state index contributed by atoms with van der Waals surface area (Å²) in [6, 6.07) is 10.3. The van der Waals surface area contributed by atoms with Crippen molar-refractivity contribution in [2.45, 2.75) is 50.7 Å². The van der Waals surface area contributed by atoms with Crippen LogP contribution in [0.15, 0.2) is 30.3 Å². The lowest BCUT2D eigenvalue weighted by Crippen LogP contribution is -2.52. The van der Waals surface area contributed by atoms with E-state index in [2.05, 4.69) is 11.9 Å². The molecule has 0 radical (unpaired) electrons. The fraction of sp³-hybridized carbons (Fsp3) is 0.680. The highest BCUT2D eigenvalue weighted by atomic mass is 16.5. The molecule has 2 amide bonds.